The molecule has 0 saturated heterocycles. The Bertz CT molecular complexity index is 221. The lowest BCUT2D eigenvalue weighted by atomic mass is 10.1. The van der Waals surface area contributed by atoms with Gasteiger partial charge in [0, 0.05) is 6.92 Å². The molecule has 0 fully saturated rings. The molecule has 0 amide bonds. The van der Waals surface area contributed by atoms with Crippen molar-refractivity contribution >= 4 is 5.97 Å². The predicted molar refractivity (Wildman–Crippen MR) is 77.6 cm³/mol. The van der Waals surface area contributed by atoms with E-state index in [-0.39, 0.29) is 12.1 Å². The number of hydrogen-bond donors (Lipinski definition) is 0. The van der Waals surface area contributed by atoms with Crippen LogP contribution in [-0.2, 0) is 9.53 Å². The van der Waals surface area contributed by atoms with Crippen LogP contribution in [0, 0.1) is 0 Å². The summed E-state index contributed by atoms with van der Waals surface area (Å²) in [4.78, 5) is 10.9. The van der Waals surface area contributed by atoms with E-state index in [1.165, 1.54) is 45.4 Å². The average molecular weight is 254 g/mol. The van der Waals surface area contributed by atoms with Crippen molar-refractivity contribution in [2.45, 2.75) is 84.7 Å². The van der Waals surface area contributed by atoms with Gasteiger partial charge in [-0.25, -0.2) is 0 Å². The number of rotatable bonds is 11. The summed E-state index contributed by atoms with van der Waals surface area (Å²) in [6.07, 6.45) is 15.1. The molecular weight excluding hydrogens is 224 g/mol. The highest BCUT2D eigenvalue weighted by Crippen LogP contribution is 2.13. The Kier molecular flexibility index (Phi) is 12.1. The van der Waals surface area contributed by atoms with Crippen molar-refractivity contribution in [1.82, 2.24) is 0 Å². The van der Waals surface area contributed by atoms with Crippen LogP contribution in [0.3, 0.4) is 0 Å². The van der Waals surface area contributed by atoms with Gasteiger partial charge in [0.15, 0.2) is 0 Å². The first-order valence-corrected chi connectivity index (χ1v) is 7.52. The fourth-order valence-electron chi connectivity index (χ4n) is 2.03. The Hall–Kier alpha value is -0.790. The van der Waals surface area contributed by atoms with Gasteiger partial charge in [0.2, 0.25) is 0 Å². The molecule has 18 heavy (non-hydrogen) atoms. The molecule has 2 heteroatoms. The van der Waals surface area contributed by atoms with Crippen LogP contribution in [0.5, 0.6) is 0 Å². The normalized spacial score (nSPS) is 12.8. The summed E-state index contributed by atoms with van der Waals surface area (Å²) < 4.78 is 5.30. The van der Waals surface area contributed by atoms with Gasteiger partial charge >= 0.3 is 5.97 Å². The van der Waals surface area contributed by atoms with E-state index in [0.717, 1.165) is 19.3 Å². The number of carbonyl (C=O) groups is 1. The van der Waals surface area contributed by atoms with E-state index in [9.17, 15) is 4.79 Å². The molecule has 0 aromatic carbocycles. The van der Waals surface area contributed by atoms with Gasteiger partial charge in [0.25, 0.3) is 0 Å². The van der Waals surface area contributed by atoms with Crippen LogP contribution in [0.1, 0.15) is 78.6 Å². The van der Waals surface area contributed by atoms with Gasteiger partial charge < -0.3 is 4.74 Å². The third-order valence-corrected chi connectivity index (χ3v) is 2.96. The highest BCUT2D eigenvalue weighted by Gasteiger charge is 2.09. The minimum Gasteiger partial charge on any atom is -0.463 e. The van der Waals surface area contributed by atoms with E-state index in [4.69, 9.17) is 4.74 Å². The van der Waals surface area contributed by atoms with Gasteiger partial charge in [-0.05, 0) is 38.5 Å². The fourth-order valence-corrected chi connectivity index (χ4v) is 2.03. The highest BCUT2D eigenvalue weighted by atomic mass is 16.5. The Morgan fingerprint density at radius 3 is 2.33 bits per heavy atom. The maximum absolute atomic E-state index is 10.9. The third kappa shape index (κ3) is 11.7. The molecule has 0 bridgehead atoms. The maximum Gasteiger partial charge on any atom is 0.302 e. The molecule has 0 radical (unpaired) electrons. The van der Waals surface area contributed by atoms with E-state index >= 15 is 0 Å². The van der Waals surface area contributed by atoms with Crippen LogP contribution in [0.15, 0.2) is 12.2 Å². The molecule has 0 aromatic heterocycles. The minimum atomic E-state index is -0.143. The first kappa shape index (κ1) is 17.2. The van der Waals surface area contributed by atoms with Gasteiger partial charge in [-0.15, -0.1) is 0 Å². The molecule has 1 unspecified atom stereocenters. The van der Waals surface area contributed by atoms with Gasteiger partial charge in [0.1, 0.15) is 6.10 Å². The largest absolute Gasteiger partial charge is 0.463 e. The number of esters is 1. The van der Waals surface area contributed by atoms with Crippen molar-refractivity contribution in [2.24, 2.45) is 0 Å². The van der Waals surface area contributed by atoms with Crippen LogP contribution in [-0.4, -0.2) is 12.1 Å². The molecule has 0 aliphatic carbocycles. The standard InChI is InChI=1S/C16H30O2/c1-4-6-7-8-9-10-11-12-14-16(13-5-2)18-15(3)17/h7-8,16H,4-6,9-14H2,1-3H3. The van der Waals surface area contributed by atoms with Crippen molar-refractivity contribution in [3.63, 3.8) is 0 Å². The summed E-state index contributed by atoms with van der Waals surface area (Å²) in [6.45, 7) is 5.84. The Labute approximate surface area is 113 Å². The SMILES string of the molecule is CCCC=CCCCCCC(CCC)OC(C)=O. The topological polar surface area (TPSA) is 26.3 Å². The Morgan fingerprint density at radius 2 is 1.72 bits per heavy atom. The van der Waals surface area contributed by atoms with Crippen LogP contribution in [0.25, 0.3) is 0 Å². The zero-order valence-electron chi connectivity index (χ0n) is 12.4. The van der Waals surface area contributed by atoms with Crippen molar-refractivity contribution in [3.8, 4) is 0 Å². The van der Waals surface area contributed by atoms with Gasteiger partial charge in [0.05, 0.1) is 0 Å². The van der Waals surface area contributed by atoms with E-state index < -0.39 is 0 Å². The number of ether oxygens (including phenoxy) is 1. The zero-order chi connectivity index (χ0) is 13.6. The first-order valence-electron chi connectivity index (χ1n) is 7.52. The number of hydrogen-bond acceptors (Lipinski definition) is 2. The molecular formula is C16H30O2. The fraction of sp³-hybridized carbons (Fsp3) is 0.812. The maximum atomic E-state index is 10.9. The average Bonchev–Trinajstić information content (AvgIpc) is 2.32. The molecule has 0 spiro atoms. The lowest BCUT2D eigenvalue weighted by Crippen LogP contribution is -2.15. The summed E-state index contributed by atoms with van der Waals surface area (Å²) in [5.74, 6) is -0.143. The smallest absolute Gasteiger partial charge is 0.302 e. The second kappa shape index (κ2) is 12.7. The van der Waals surface area contributed by atoms with E-state index in [1.54, 1.807) is 0 Å². The van der Waals surface area contributed by atoms with Crippen molar-refractivity contribution in [2.75, 3.05) is 0 Å². The van der Waals surface area contributed by atoms with Crippen LogP contribution < -0.4 is 0 Å². The summed E-state index contributed by atoms with van der Waals surface area (Å²) in [7, 11) is 0. The molecule has 1 atom stereocenters. The van der Waals surface area contributed by atoms with Gasteiger partial charge in [-0.1, -0.05) is 45.3 Å². The molecule has 0 N–H and O–H groups in total. The zero-order valence-corrected chi connectivity index (χ0v) is 12.4. The summed E-state index contributed by atoms with van der Waals surface area (Å²) in [5, 5.41) is 0. The van der Waals surface area contributed by atoms with E-state index in [1.807, 2.05) is 0 Å². The van der Waals surface area contributed by atoms with Crippen LogP contribution >= 0.6 is 0 Å². The molecule has 0 aliphatic heterocycles. The van der Waals surface area contributed by atoms with E-state index in [2.05, 4.69) is 26.0 Å². The third-order valence-electron chi connectivity index (χ3n) is 2.96. The van der Waals surface area contributed by atoms with Crippen LogP contribution in [0.4, 0.5) is 0 Å². The first-order chi connectivity index (χ1) is 8.70. The summed E-state index contributed by atoms with van der Waals surface area (Å²) in [5.41, 5.74) is 0. The van der Waals surface area contributed by atoms with Crippen LogP contribution in [0.2, 0.25) is 0 Å². The second-order valence-electron chi connectivity index (χ2n) is 4.92. The van der Waals surface area contributed by atoms with Gasteiger partial charge in [-0.3, -0.25) is 4.79 Å². The van der Waals surface area contributed by atoms with Crippen molar-refractivity contribution < 1.29 is 9.53 Å². The molecule has 0 aliphatic rings. The summed E-state index contributed by atoms with van der Waals surface area (Å²) >= 11 is 0. The molecule has 106 valence electrons. The second-order valence-corrected chi connectivity index (χ2v) is 4.92. The lowest BCUT2D eigenvalue weighted by molar-refractivity contribution is -0.147. The lowest BCUT2D eigenvalue weighted by Gasteiger charge is -2.15. The minimum absolute atomic E-state index is 0.142. The van der Waals surface area contributed by atoms with Crippen molar-refractivity contribution in [1.29, 1.82) is 0 Å². The van der Waals surface area contributed by atoms with E-state index in [0.29, 0.717) is 0 Å². The molecule has 0 aromatic rings. The Morgan fingerprint density at radius 1 is 1.00 bits per heavy atom. The quantitative estimate of drug-likeness (QED) is 0.294. The number of unbranched alkanes of at least 4 members (excludes halogenated alkanes) is 4. The number of allylic oxidation sites excluding steroid dienone is 2. The number of carbonyl (C=O) groups excluding carboxylic acids is 1. The molecule has 0 saturated carbocycles. The molecule has 0 rings (SSSR count). The monoisotopic (exact) mass is 254 g/mol. The molecule has 2 nitrogen and oxygen atoms in total. The predicted octanol–water partition coefficient (Wildman–Crippen LogP) is 5.03. The highest BCUT2D eigenvalue weighted by molar-refractivity contribution is 5.66. The van der Waals surface area contributed by atoms with Gasteiger partial charge in [-0.2, -0.15) is 0 Å². The summed E-state index contributed by atoms with van der Waals surface area (Å²) in [6, 6.07) is 0. The van der Waals surface area contributed by atoms with Crippen molar-refractivity contribution in [3.05, 3.63) is 12.2 Å². The Balaban J connectivity index is 3.51. The molecule has 0 heterocycles.